The van der Waals surface area contributed by atoms with E-state index in [1.807, 2.05) is 41.3 Å². The van der Waals surface area contributed by atoms with E-state index >= 15 is 0 Å². The molecule has 1 aromatic carbocycles. The van der Waals surface area contributed by atoms with Crippen molar-refractivity contribution in [3.63, 3.8) is 0 Å². The topological polar surface area (TPSA) is 63.5 Å². The molecule has 6 nitrogen and oxygen atoms in total. The lowest BCUT2D eigenvalue weighted by Crippen LogP contribution is -2.38. The van der Waals surface area contributed by atoms with Crippen LogP contribution in [-0.4, -0.2) is 34.9 Å². The van der Waals surface area contributed by atoms with E-state index in [2.05, 4.69) is 28.7 Å². The van der Waals surface area contributed by atoms with E-state index in [0.29, 0.717) is 12.6 Å². The standard InChI is InChI=1S/C20H29N5O.HI/c1-2-21-20(22-12-6-14-25-15-7-13-24-25)23-16-17-8-3-4-11-19(17)26-18-9-5-10-18;/h3-4,7-8,11,13,15,18H,2,5-6,9-10,12,14,16H2,1H3,(H2,21,22,23);1H. The molecule has 0 unspecified atom stereocenters. The Morgan fingerprint density at radius 3 is 2.81 bits per heavy atom. The van der Waals surface area contributed by atoms with E-state index in [9.17, 15) is 0 Å². The minimum absolute atomic E-state index is 0. The fourth-order valence-electron chi connectivity index (χ4n) is 2.80. The Morgan fingerprint density at radius 1 is 1.26 bits per heavy atom. The Kier molecular flexibility index (Phi) is 9.44. The fourth-order valence-corrected chi connectivity index (χ4v) is 2.80. The second-order valence-corrected chi connectivity index (χ2v) is 6.52. The second kappa shape index (κ2) is 11.8. The third-order valence-corrected chi connectivity index (χ3v) is 4.49. The van der Waals surface area contributed by atoms with Gasteiger partial charge in [0.25, 0.3) is 0 Å². The summed E-state index contributed by atoms with van der Waals surface area (Å²) < 4.78 is 8.04. The van der Waals surface area contributed by atoms with Crippen LogP contribution in [0, 0.1) is 0 Å². The average Bonchev–Trinajstić information content (AvgIpc) is 3.14. The van der Waals surface area contributed by atoms with Gasteiger partial charge in [0.05, 0.1) is 12.6 Å². The summed E-state index contributed by atoms with van der Waals surface area (Å²) in [5.74, 6) is 1.81. The molecule has 1 aliphatic rings. The highest BCUT2D eigenvalue weighted by Gasteiger charge is 2.20. The van der Waals surface area contributed by atoms with Crippen molar-refractivity contribution in [2.24, 2.45) is 4.99 Å². The lowest BCUT2D eigenvalue weighted by molar-refractivity contribution is 0.119. The first kappa shape index (κ1) is 21.5. The van der Waals surface area contributed by atoms with Crippen molar-refractivity contribution in [3.05, 3.63) is 48.3 Å². The van der Waals surface area contributed by atoms with Crippen molar-refractivity contribution >= 4 is 29.9 Å². The van der Waals surface area contributed by atoms with Gasteiger partial charge in [-0.15, -0.1) is 24.0 Å². The van der Waals surface area contributed by atoms with E-state index < -0.39 is 0 Å². The number of nitrogens with zero attached hydrogens (tertiary/aromatic N) is 3. The summed E-state index contributed by atoms with van der Waals surface area (Å²) in [4.78, 5) is 4.72. The molecule has 0 bridgehead atoms. The molecule has 2 aromatic rings. The molecule has 27 heavy (non-hydrogen) atoms. The van der Waals surface area contributed by atoms with Gasteiger partial charge in [-0.05, 0) is 44.7 Å². The first-order valence-electron chi connectivity index (χ1n) is 9.59. The molecule has 0 spiro atoms. The monoisotopic (exact) mass is 483 g/mol. The number of halogens is 1. The van der Waals surface area contributed by atoms with E-state index in [1.54, 1.807) is 0 Å². The van der Waals surface area contributed by atoms with Gasteiger partial charge in [0, 0.05) is 37.6 Å². The van der Waals surface area contributed by atoms with Crippen LogP contribution < -0.4 is 15.4 Å². The number of guanidine groups is 1. The van der Waals surface area contributed by atoms with Gasteiger partial charge in [-0.25, -0.2) is 4.99 Å². The van der Waals surface area contributed by atoms with Gasteiger partial charge in [-0.1, -0.05) is 18.2 Å². The van der Waals surface area contributed by atoms with E-state index in [4.69, 9.17) is 9.73 Å². The largest absolute Gasteiger partial charge is 0.490 e. The smallest absolute Gasteiger partial charge is 0.191 e. The van der Waals surface area contributed by atoms with Crippen LogP contribution in [-0.2, 0) is 13.1 Å². The SMILES string of the molecule is CCNC(=NCc1ccccc1OC1CCC1)NCCCn1cccn1.I. The summed E-state index contributed by atoms with van der Waals surface area (Å²) in [6.07, 6.45) is 8.77. The fraction of sp³-hybridized carbons (Fsp3) is 0.500. The Morgan fingerprint density at radius 2 is 2.11 bits per heavy atom. The lowest BCUT2D eigenvalue weighted by atomic mass is 9.96. The predicted octanol–water partition coefficient (Wildman–Crippen LogP) is 3.58. The normalized spacial score (nSPS) is 14.2. The van der Waals surface area contributed by atoms with Gasteiger partial charge < -0.3 is 15.4 Å². The van der Waals surface area contributed by atoms with Crippen LogP contribution in [0.15, 0.2) is 47.7 Å². The number of hydrogen-bond donors (Lipinski definition) is 2. The molecule has 1 heterocycles. The van der Waals surface area contributed by atoms with Crippen LogP contribution >= 0.6 is 24.0 Å². The molecule has 148 valence electrons. The molecule has 0 saturated heterocycles. The molecule has 1 aromatic heterocycles. The highest BCUT2D eigenvalue weighted by atomic mass is 127. The van der Waals surface area contributed by atoms with Crippen LogP contribution in [0.4, 0.5) is 0 Å². The molecule has 1 aliphatic carbocycles. The number of aromatic nitrogens is 2. The van der Waals surface area contributed by atoms with Crippen LogP contribution in [0.5, 0.6) is 5.75 Å². The Bertz CT molecular complexity index is 685. The quantitative estimate of drug-likeness (QED) is 0.248. The van der Waals surface area contributed by atoms with Gasteiger partial charge >= 0.3 is 0 Å². The van der Waals surface area contributed by atoms with Crippen molar-refractivity contribution in [1.29, 1.82) is 0 Å². The van der Waals surface area contributed by atoms with Gasteiger partial charge in [0.2, 0.25) is 0 Å². The number of nitrogens with one attached hydrogen (secondary N) is 2. The summed E-state index contributed by atoms with van der Waals surface area (Å²) in [6.45, 7) is 5.28. The third kappa shape index (κ3) is 7.04. The van der Waals surface area contributed by atoms with Gasteiger partial charge in [0.1, 0.15) is 5.75 Å². The van der Waals surface area contributed by atoms with Crippen molar-refractivity contribution in [2.75, 3.05) is 13.1 Å². The zero-order valence-electron chi connectivity index (χ0n) is 15.9. The minimum Gasteiger partial charge on any atom is -0.490 e. The summed E-state index contributed by atoms with van der Waals surface area (Å²) in [6, 6.07) is 10.2. The average molecular weight is 483 g/mol. The highest BCUT2D eigenvalue weighted by Crippen LogP contribution is 2.27. The van der Waals surface area contributed by atoms with Crippen molar-refractivity contribution in [1.82, 2.24) is 20.4 Å². The van der Waals surface area contributed by atoms with Gasteiger partial charge in [-0.2, -0.15) is 5.10 Å². The first-order chi connectivity index (χ1) is 12.8. The highest BCUT2D eigenvalue weighted by molar-refractivity contribution is 14.0. The Hall–Kier alpha value is -1.77. The Labute approximate surface area is 178 Å². The zero-order chi connectivity index (χ0) is 18.0. The van der Waals surface area contributed by atoms with Crippen LogP contribution in [0.1, 0.15) is 38.2 Å². The van der Waals surface area contributed by atoms with Crippen molar-refractivity contribution in [3.8, 4) is 5.75 Å². The summed E-state index contributed by atoms with van der Waals surface area (Å²) in [7, 11) is 0. The maximum atomic E-state index is 6.09. The van der Waals surface area contributed by atoms with Gasteiger partial charge in [-0.3, -0.25) is 4.68 Å². The predicted molar refractivity (Wildman–Crippen MR) is 120 cm³/mol. The molecular weight excluding hydrogens is 453 g/mol. The molecule has 0 amide bonds. The first-order valence-corrected chi connectivity index (χ1v) is 9.59. The molecule has 3 rings (SSSR count). The molecule has 2 N–H and O–H groups in total. The molecule has 0 radical (unpaired) electrons. The van der Waals surface area contributed by atoms with Crippen molar-refractivity contribution < 1.29 is 4.74 Å². The van der Waals surface area contributed by atoms with Crippen LogP contribution in [0.3, 0.4) is 0 Å². The Balaban J connectivity index is 0.00000261. The zero-order valence-corrected chi connectivity index (χ0v) is 18.3. The maximum absolute atomic E-state index is 6.09. The molecule has 7 heteroatoms. The summed E-state index contributed by atoms with van der Waals surface area (Å²) in [5.41, 5.74) is 1.13. The number of hydrogen-bond acceptors (Lipinski definition) is 3. The summed E-state index contributed by atoms with van der Waals surface area (Å²) in [5, 5.41) is 10.9. The molecule has 0 aliphatic heterocycles. The number of ether oxygens (including phenoxy) is 1. The minimum atomic E-state index is 0. The van der Waals surface area contributed by atoms with Crippen LogP contribution in [0.2, 0.25) is 0 Å². The van der Waals surface area contributed by atoms with Crippen molar-refractivity contribution in [2.45, 2.75) is 51.8 Å². The van der Waals surface area contributed by atoms with Gasteiger partial charge in [0.15, 0.2) is 5.96 Å². The number of aryl methyl sites for hydroxylation is 1. The molecule has 1 saturated carbocycles. The van der Waals surface area contributed by atoms with E-state index in [1.165, 1.54) is 6.42 Å². The number of rotatable bonds is 9. The number of aliphatic imine (C=N–C) groups is 1. The van der Waals surface area contributed by atoms with Crippen LogP contribution in [0.25, 0.3) is 0 Å². The molecule has 0 atom stereocenters. The third-order valence-electron chi connectivity index (χ3n) is 4.49. The summed E-state index contributed by atoms with van der Waals surface area (Å²) >= 11 is 0. The number of para-hydroxylation sites is 1. The molecule has 1 fully saturated rings. The van der Waals surface area contributed by atoms with E-state index in [0.717, 1.165) is 56.2 Å². The molecular formula is C20H30IN5O. The lowest BCUT2D eigenvalue weighted by Gasteiger charge is -2.27. The maximum Gasteiger partial charge on any atom is 0.191 e. The van der Waals surface area contributed by atoms with E-state index in [-0.39, 0.29) is 24.0 Å². The number of benzene rings is 1. The second-order valence-electron chi connectivity index (χ2n) is 6.52.